The first-order valence-electron chi connectivity index (χ1n) is 7.93. The number of piperazine rings is 1. The maximum Gasteiger partial charge on any atom is 0.410 e. The van der Waals surface area contributed by atoms with Crippen LogP contribution in [-0.4, -0.2) is 53.1 Å². The number of halogens is 3. The molecular formula is C17H21F2IN2O3. The molecular weight excluding hydrogens is 445 g/mol. The number of nitrogens with zero attached hydrogens (tertiary/aromatic N) is 2. The van der Waals surface area contributed by atoms with Gasteiger partial charge in [0.25, 0.3) is 5.91 Å². The minimum Gasteiger partial charge on any atom is -0.444 e. The molecule has 5 nitrogen and oxygen atoms in total. The molecule has 1 aromatic rings. The first kappa shape index (κ1) is 19.9. The Morgan fingerprint density at radius 2 is 1.84 bits per heavy atom. The molecule has 25 heavy (non-hydrogen) atoms. The Hall–Kier alpha value is -1.45. The smallest absolute Gasteiger partial charge is 0.410 e. The monoisotopic (exact) mass is 466 g/mol. The Kier molecular flexibility index (Phi) is 5.90. The molecule has 1 aromatic carbocycles. The van der Waals surface area contributed by atoms with Crippen molar-refractivity contribution in [1.29, 1.82) is 0 Å². The van der Waals surface area contributed by atoms with Crippen molar-refractivity contribution in [3.05, 3.63) is 32.9 Å². The van der Waals surface area contributed by atoms with Crippen molar-refractivity contribution in [1.82, 2.24) is 9.80 Å². The second-order valence-corrected chi connectivity index (χ2v) is 8.18. The Bertz CT molecular complexity index is 691. The lowest BCUT2D eigenvalue weighted by Crippen LogP contribution is -2.56. The van der Waals surface area contributed by atoms with Gasteiger partial charge in [-0.3, -0.25) is 4.79 Å². The fourth-order valence-corrected chi connectivity index (χ4v) is 3.06. The molecule has 0 aromatic heterocycles. The van der Waals surface area contributed by atoms with Gasteiger partial charge in [0.1, 0.15) is 17.2 Å². The fourth-order valence-electron chi connectivity index (χ4n) is 2.59. The largest absolute Gasteiger partial charge is 0.444 e. The Morgan fingerprint density at radius 3 is 2.40 bits per heavy atom. The lowest BCUT2D eigenvalue weighted by molar-refractivity contribution is 0.00190. The van der Waals surface area contributed by atoms with E-state index in [2.05, 4.69) is 0 Å². The standard InChI is InChI=1S/C17H21F2IN2O3/c1-10-9-21(5-6-22(10)16(24)25-17(2,3)4)15(23)11-7-14(20)13(19)8-12(11)18/h7-8,10H,5-6,9H2,1-4H3/t10-/m0/s1. The summed E-state index contributed by atoms with van der Waals surface area (Å²) in [6.45, 7) is 7.97. The first-order valence-corrected chi connectivity index (χ1v) is 9.01. The van der Waals surface area contributed by atoms with Crippen LogP contribution < -0.4 is 0 Å². The summed E-state index contributed by atoms with van der Waals surface area (Å²) in [6.07, 6.45) is -0.436. The second-order valence-electron chi connectivity index (χ2n) is 7.02. The van der Waals surface area contributed by atoms with Crippen LogP contribution in [0.5, 0.6) is 0 Å². The zero-order valence-electron chi connectivity index (χ0n) is 14.6. The molecule has 2 amide bonds. The van der Waals surface area contributed by atoms with Gasteiger partial charge < -0.3 is 14.5 Å². The van der Waals surface area contributed by atoms with Gasteiger partial charge in [-0.1, -0.05) is 0 Å². The van der Waals surface area contributed by atoms with Gasteiger partial charge in [-0.15, -0.1) is 0 Å². The van der Waals surface area contributed by atoms with Gasteiger partial charge in [0.15, 0.2) is 0 Å². The van der Waals surface area contributed by atoms with Crippen LogP contribution in [0.3, 0.4) is 0 Å². The van der Waals surface area contributed by atoms with Gasteiger partial charge in [0, 0.05) is 35.3 Å². The molecule has 2 rings (SSSR count). The molecule has 1 atom stereocenters. The lowest BCUT2D eigenvalue weighted by atomic mass is 10.1. The minimum atomic E-state index is -0.884. The van der Waals surface area contributed by atoms with Crippen molar-refractivity contribution in [2.75, 3.05) is 19.6 Å². The van der Waals surface area contributed by atoms with Crippen molar-refractivity contribution >= 4 is 34.6 Å². The molecule has 0 saturated carbocycles. The number of hydrogen-bond donors (Lipinski definition) is 0. The third kappa shape index (κ3) is 4.80. The van der Waals surface area contributed by atoms with Crippen LogP contribution >= 0.6 is 22.6 Å². The number of benzene rings is 1. The van der Waals surface area contributed by atoms with Gasteiger partial charge in [0.2, 0.25) is 0 Å². The molecule has 1 aliphatic rings. The molecule has 138 valence electrons. The van der Waals surface area contributed by atoms with Crippen LogP contribution in [0.1, 0.15) is 38.1 Å². The van der Waals surface area contributed by atoms with E-state index < -0.39 is 29.2 Å². The van der Waals surface area contributed by atoms with E-state index in [0.717, 1.165) is 6.07 Å². The Morgan fingerprint density at radius 1 is 1.20 bits per heavy atom. The summed E-state index contributed by atoms with van der Waals surface area (Å²) in [7, 11) is 0. The summed E-state index contributed by atoms with van der Waals surface area (Å²) in [5.74, 6) is -2.09. The van der Waals surface area contributed by atoms with E-state index in [9.17, 15) is 18.4 Å². The van der Waals surface area contributed by atoms with Crippen LogP contribution in [-0.2, 0) is 4.74 Å². The molecule has 1 heterocycles. The normalized spacial score (nSPS) is 18.3. The zero-order valence-corrected chi connectivity index (χ0v) is 16.8. The number of ether oxygens (including phenoxy) is 1. The second kappa shape index (κ2) is 7.43. The topological polar surface area (TPSA) is 49.9 Å². The quantitative estimate of drug-likeness (QED) is 0.469. The zero-order chi connectivity index (χ0) is 18.9. The van der Waals surface area contributed by atoms with Gasteiger partial charge >= 0.3 is 6.09 Å². The van der Waals surface area contributed by atoms with Crippen LogP contribution in [0.15, 0.2) is 12.1 Å². The molecule has 0 radical (unpaired) electrons. The molecule has 8 heteroatoms. The average Bonchev–Trinajstić information content (AvgIpc) is 2.48. The molecule has 0 spiro atoms. The highest BCUT2D eigenvalue weighted by Crippen LogP contribution is 2.21. The van der Waals surface area contributed by atoms with E-state index >= 15 is 0 Å². The molecule has 1 saturated heterocycles. The third-order valence-corrected chi connectivity index (χ3v) is 4.61. The summed E-state index contributed by atoms with van der Waals surface area (Å²) in [6, 6.07) is 1.66. The SMILES string of the molecule is C[C@H]1CN(C(=O)c2cc(I)c(F)cc2F)CCN1C(=O)OC(C)(C)C. The van der Waals surface area contributed by atoms with Gasteiger partial charge in [-0.05, 0) is 56.4 Å². The van der Waals surface area contributed by atoms with Crippen LogP contribution in [0.2, 0.25) is 0 Å². The molecule has 1 aliphatic heterocycles. The highest BCUT2D eigenvalue weighted by molar-refractivity contribution is 14.1. The van der Waals surface area contributed by atoms with Crippen LogP contribution in [0, 0.1) is 15.2 Å². The molecule has 0 N–H and O–H groups in total. The predicted octanol–water partition coefficient (Wildman–Crippen LogP) is 3.65. The van der Waals surface area contributed by atoms with E-state index in [1.165, 1.54) is 11.0 Å². The van der Waals surface area contributed by atoms with E-state index in [0.29, 0.717) is 6.54 Å². The summed E-state index contributed by atoms with van der Waals surface area (Å²) in [4.78, 5) is 27.8. The van der Waals surface area contributed by atoms with Gasteiger partial charge in [0.05, 0.1) is 5.56 Å². The van der Waals surface area contributed by atoms with E-state index in [1.54, 1.807) is 55.2 Å². The van der Waals surface area contributed by atoms with E-state index in [4.69, 9.17) is 4.74 Å². The van der Waals surface area contributed by atoms with Crippen LogP contribution in [0.4, 0.5) is 13.6 Å². The summed E-state index contributed by atoms with van der Waals surface area (Å²) in [5, 5.41) is 0. The number of carbonyl (C=O) groups excluding carboxylic acids is 2. The average molecular weight is 466 g/mol. The van der Waals surface area contributed by atoms with Gasteiger partial charge in [-0.2, -0.15) is 0 Å². The van der Waals surface area contributed by atoms with Crippen molar-refractivity contribution in [3.63, 3.8) is 0 Å². The highest BCUT2D eigenvalue weighted by Gasteiger charge is 2.33. The third-order valence-electron chi connectivity index (χ3n) is 3.78. The Balaban J connectivity index is 2.09. The number of rotatable bonds is 1. The predicted molar refractivity (Wildman–Crippen MR) is 97.4 cm³/mol. The van der Waals surface area contributed by atoms with E-state index in [-0.39, 0.29) is 28.3 Å². The molecule has 0 aliphatic carbocycles. The summed E-state index contributed by atoms with van der Waals surface area (Å²) in [5.41, 5.74) is -0.763. The Labute approximate surface area is 159 Å². The maximum absolute atomic E-state index is 13.9. The highest BCUT2D eigenvalue weighted by atomic mass is 127. The summed E-state index contributed by atoms with van der Waals surface area (Å²) >= 11 is 1.72. The van der Waals surface area contributed by atoms with Gasteiger partial charge in [-0.25, -0.2) is 13.6 Å². The number of hydrogen-bond acceptors (Lipinski definition) is 3. The summed E-state index contributed by atoms with van der Waals surface area (Å²) < 4.78 is 32.9. The van der Waals surface area contributed by atoms with Crippen molar-refractivity contribution in [3.8, 4) is 0 Å². The van der Waals surface area contributed by atoms with Crippen molar-refractivity contribution in [2.45, 2.75) is 39.3 Å². The molecule has 0 unspecified atom stereocenters. The fraction of sp³-hybridized carbons (Fsp3) is 0.529. The lowest BCUT2D eigenvalue weighted by Gasteiger charge is -2.40. The number of carbonyl (C=O) groups is 2. The van der Waals surface area contributed by atoms with E-state index in [1.807, 2.05) is 0 Å². The molecule has 1 fully saturated rings. The van der Waals surface area contributed by atoms with Crippen molar-refractivity contribution < 1.29 is 23.1 Å². The molecule has 0 bridgehead atoms. The number of amides is 2. The minimum absolute atomic E-state index is 0.163. The van der Waals surface area contributed by atoms with Crippen LogP contribution in [0.25, 0.3) is 0 Å². The first-order chi connectivity index (χ1) is 11.5. The maximum atomic E-state index is 13.9. The van der Waals surface area contributed by atoms with Crippen molar-refractivity contribution in [2.24, 2.45) is 0 Å².